The Kier molecular flexibility index (Phi) is 6.26. The second-order valence-electron chi connectivity index (χ2n) is 7.12. The lowest BCUT2D eigenvalue weighted by Crippen LogP contribution is -2.41. The summed E-state index contributed by atoms with van der Waals surface area (Å²) in [6.07, 6.45) is 5.65. The van der Waals surface area contributed by atoms with Crippen LogP contribution in [0.5, 0.6) is 0 Å². The van der Waals surface area contributed by atoms with Crippen molar-refractivity contribution in [2.45, 2.75) is 52.0 Å². The minimum Gasteiger partial charge on any atom is -0.348 e. The van der Waals surface area contributed by atoms with Crippen molar-refractivity contribution in [2.75, 3.05) is 5.32 Å². The van der Waals surface area contributed by atoms with E-state index in [4.69, 9.17) is 0 Å². The zero-order chi connectivity index (χ0) is 19.4. The summed E-state index contributed by atoms with van der Waals surface area (Å²) >= 11 is 1.25. The number of hydrogen-bond acceptors (Lipinski definition) is 3. The van der Waals surface area contributed by atoms with Crippen LogP contribution in [-0.2, 0) is 0 Å². The zero-order valence-corrected chi connectivity index (χ0v) is 16.5. The van der Waals surface area contributed by atoms with Crippen molar-refractivity contribution in [3.05, 3.63) is 52.2 Å². The standard InChI is InChI=1S/C21H25FN2O2S/c1-3-14-7-4-5-10-17(14)23-21(26)19-13(2)11-18(27-19)24-20(25)15-8-6-9-16(22)12-15/h6,8-9,11-12,14,17H,3-5,7,10H2,1-2H3,(H,23,26)(H,24,25). The van der Waals surface area contributed by atoms with Gasteiger partial charge in [0.1, 0.15) is 5.82 Å². The molecule has 1 aromatic heterocycles. The largest absolute Gasteiger partial charge is 0.348 e. The van der Waals surface area contributed by atoms with E-state index in [1.165, 1.54) is 42.4 Å². The first-order chi connectivity index (χ1) is 13.0. The summed E-state index contributed by atoms with van der Waals surface area (Å²) in [7, 11) is 0. The monoisotopic (exact) mass is 388 g/mol. The quantitative estimate of drug-likeness (QED) is 0.744. The normalized spacial score (nSPS) is 19.5. The SMILES string of the molecule is CCC1CCCCC1NC(=O)c1sc(NC(=O)c2cccc(F)c2)cc1C. The maximum Gasteiger partial charge on any atom is 0.261 e. The summed E-state index contributed by atoms with van der Waals surface area (Å²) in [5, 5.41) is 6.54. The molecule has 1 fully saturated rings. The summed E-state index contributed by atoms with van der Waals surface area (Å²) in [6.45, 7) is 4.03. The Hall–Kier alpha value is -2.21. The van der Waals surface area contributed by atoms with Crippen LogP contribution in [0, 0.1) is 18.7 Å². The maximum absolute atomic E-state index is 13.3. The van der Waals surface area contributed by atoms with Crippen molar-refractivity contribution < 1.29 is 14.0 Å². The molecule has 1 heterocycles. The molecule has 1 saturated carbocycles. The Balaban J connectivity index is 1.68. The molecule has 0 bridgehead atoms. The molecule has 2 atom stereocenters. The molecule has 1 aliphatic carbocycles. The van der Waals surface area contributed by atoms with Crippen LogP contribution in [0.2, 0.25) is 0 Å². The molecular formula is C21H25FN2O2S. The molecule has 27 heavy (non-hydrogen) atoms. The van der Waals surface area contributed by atoms with E-state index in [0.29, 0.717) is 15.8 Å². The number of hydrogen-bond donors (Lipinski definition) is 2. The fourth-order valence-corrected chi connectivity index (χ4v) is 4.67. The summed E-state index contributed by atoms with van der Waals surface area (Å²) in [5.41, 5.74) is 1.08. The first-order valence-corrected chi connectivity index (χ1v) is 10.3. The van der Waals surface area contributed by atoms with Gasteiger partial charge in [0.2, 0.25) is 0 Å². The van der Waals surface area contributed by atoms with Crippen molar-refractivity contribution in [1.82, 2.24) is 5.32 Å². The molecular weight excluding hydrogens is 363 g/mol. The lowest BCUT2D eigenvalue weighted by atomic mass is 9.83. The third kappa shape index (κ3) is 4.75. The van der Waals surface area contributed by atoms with E-state index >= 15 is 0 Å². The summed E-state index contributed by atoms with van der Waals surface area (Å²) in [5.74, 6) is -0.381. The van der Waals surface area contributed by atoms with Gasteiger partial charge >= 0.3 is 0 Å². The molecule has 1 aliphatic rings. The van der Waals surface area contributed by atoms with E-state index in [0.717, 1.165) is 24.8 Å². The van der Waals surface area contributed by atoms with Gasteiger partial charge < -0.3 is 10.6 Å². The van der Waals surface area contributed by atoms with Gasteiger partial charge in [-0.3, -0.25) is 9.59 Å². The average molecular weight is 389 g/mol. The number of rotatable bonds is 5. The molecule has 6 heteroatoms. The predicted octanol–water partition coefficient (Wildman–Crippen LogP) is 5.15. The van der Waals surface area contributed by atoms with Crippen LogP contribution in [0.3, 0.4) is 0 Å². The number of thiophene rings is 1. The molecule has 144 valence electrons. The third-order valence-corrected chi connectivity index (χ3v) is 6.35. The highest BCUT2D eigenvalue weighted by atomic mass is 32.1. The van der Waals surface area contributed by atoms with Crippen LogP contribution in [0.4, 0.5) is 9.39 Å². The molecule has 1 aromatic carbocycles. The number of carbonyl (C=O) groups excluding carboxylic acids is 2. The fraction of sp³-hybridized carbons (Fsp3) is 0.429. The Bertz CT molecular complexity index is 833. The van der Waals surface area contributed by atoms with Crippen LogP contribution in [0.15, 0.2) is 30.3 Å². The van der Waals surface area contributed by atoms with Crippen molar-refractivity contribution in [1.29, 1.82) is 0 Å². The lowest BCUT2D eigenvalue weighted by Gasteiger charge is -2.31. The van der Waals surface area contributed by atoms with Crippen molar-refractivity contribution >= 4 is 28.2 Å². The van der Waals surface area contributed by atoms with E-state index in [-0.39, 0.29) is 23.4 Å². The second kappa shape index (κ2) is 8.65. The van der Waals surface area contributed by atoms with Gasteiger partial charge in [0.25, 0.3) is 11.8 Å². The highest BCUT2D eigenvalue weighted by Crippen LogP contribution is 2.30. The van der Waals surface area contributed by atoms with E-state index in [2.05, 4.69) is 17.6 Å². The van der Waals surface area contributed by atoms with Crippen LogP contribution in [0.25, 0.3) is 0 Å². The lowest BCUT2D eigenvalue weighted by molar-refractivity contribution is 0.0907. The number of benzene rings is 1. The minimum atomic E-state index is -0.456. The average Bonchev–Trinajstić information content (AvgIpc) is 3.02. The first kappa shape index (κ1) is 19.5. The van der Waals surface area contributed by atoms with Crippen molar-refractivity contribution in [3.8, 4) is 0 Å². The van der Waals surface area contributed by atoms with E-state index in [9.17, 15) is 14.0 Å². The zero-order valence-electron chi connectivity index (χ0n) is 15.7. The predicted molar refractivity (Wildman–Crippen MR) is 107 cm³/mol. The number of amides is 2. The van der Waals surface area contributed by atoms with Crippen LogP contribution >= 0.6 is 11.3 Å². The summed E-state index contributed by atoms with van der Waals surface area (Å²) in [4.78, 5) is 25.6. The van der Waals surface area contributed by atoms with E-state index in [1.54, 1.807) is 12.1 Å². The Morgan fingerprint density at radius 2 is 1.96 bits per heavy atom. The van der Waals surface area contributed by atoms with Gasteiger partial charge in [-0.15, -0.1) is 11.3 Å². The first-order valence-electron chi connectivity index (χ1n) is 9.46. The fourth-order valence-electron chi connectivity index (χ4n) is 3.70. The second-order valence-corrected chi connectivity index (χ2v) is 8.17. The summed E-state index contributed by atoms with van der Waals surface area (Å²) in [6, 6.07) is 7.55. The van der Waals surface area contributed by atoms with Gasteiger partial charge in [0.15, 0.2) is 0 Å². The number of aryl methyl sites for hydroxylation is 1. The van der Waals surface area contributed by atoms with Crippen LogP contribution in [0.1, 0.15) is 64.6 Å². The Labute approximate surface area is 163 Å². The highest BCUT2D eigenvalue weighted by molar-refractivity contribution is 7.18. The summed E-state index contributed by atoms with van der Waals surface area (Å²) < 4.78 is 13.3. The molecule has 4 nitrogen and oxygen atoms in total. The maximum atomic E-state index is 13.3. The molecule has 2 amide bonds. The number of halogens is 1. The number of nitrogens with one attached hydrogen (secondary N) is 2. The molecule has 2 unspecified atom stereocenters. The van der Waals surface area contributed by atoms with Gasteiger partial charge in [0.05, 0.1) is 9.88 Å². The molecule has 0 radical (unpaired) electrons. The topological polar surface area (TPSA) is 58.2 Å². The molecule has 2 N–H and O–H groups in total. The van der Waals surface area contributed by atoms with E-state index < -0.39 is 5.82 Å². The smallest absolute Gasteiger partial charge is 0.261 e. The van der Waals surface area contributed by atoms with Gasteiger partial charge in [-0.05, 0) is 55.5 Å². The third-order valence-electron chi connectivity index (χ3n) is 5.20. The van der Waals surface area contributed by atoms with Gasteiger partial charge in [-0.25, -0.2) is 4.39 Å². The van der Waals surface area contributed by atoms with Gasteiger partial charge in [-0.1, -0.05) is 32.3 Å². The molecule has 3 rings (SSSR count). The van der Waals surface area contributed by atoms with E-state index in [1.807, 2.05) is 6.92 Å². The molecule has 2 aromatic rings. The van der Waals surface area contributed by atoms with Crippen molar-refractivity contribution in [3.63, 3.8) is 0 Å². The Morgan fingerprint density at radius 1 is 1.19 bits per heavy atom. The van der Waals surface area contributed by atoms with Gasteiger partial charge in [-0.2, -0.15) is 0 Å². The molecule has 0 spiro atoms. The Morgan fingerprint density at radius 3 is 2.70 bits per heavy atom. The minimum absolute atomic E-state index is 0.0749. The molecule has 0 aliphatic heterocycles. The number of anilines is 1. The molecule has 0 saturated heterocycles. The van der Waals surface area contributed by atoms with Crippen molar-refractivity contribution in [2.24, 2.45) is 5.92 Å². The highest BCUT2D eigenvalue weighted by Gasteiger charge is 2.26. The number of carbonyl (C=O) groups is 2. The van der Waals surface area contributed by atoms with Gasteiger partial charge in [0, 0.05) is 11.6 Å². The van der Waals surface area contributed by atoms with Crippen LogP contribution < -0.4 is 10.6 Å². The van der Waals surface area contributed by atoms with Crippen LogP contribution in [-0.4, -0.2) is 17.9 Å².